The number of nitrogens with one attached hydrogen (secondary N) is 1. The Morgan fingerprint density at radius 1 is 1.07 bits per heavy atom. The Hall–Kier alpha value is -3.28. The smallest absolute Gasteiger partial charge is 0.257 e. The molecule has 2 aromatic carbocycles. The number of anilines is 1. The second kappa shape index (κ2) is 10.2. The Balaban J connectivity index is 2.06. The van der Waals surface area contributed by atoms with Crippen LogP contribution in [-0.2, 0) is 4.79 Å². The molecule has 6 nitrogen and oxygen atoms in total. The molecule has 0 radical (unpaired) electrons. The summed E-state index contributed by atoms with van der Waals surface area (Å²) in [5, 5.41) is 2.67. The van der Waals surface area contributed by atoms with Crippen LogP contribution >= 0.6 is 0 Å². The lowest BCUT2D eigenvalue weighted by Gasteiger charge is -2.12. The van der Waals surface area contributed by atoms with Gasteiger partial charge in [-0.2, -0.15) is 0 Å². The molecule has 28 heavy (non-hydrogen) atoms. The minimum absolute atomic E-state index is 0.0825. The van der Waals surface area contributed by atoms with Crippen molar-refractivity contribution in [1.29, 1.82) is 0 Å². The van der Waals surface area contributed by atoms with E-state index in [4.69, 9.17) is 9.47 Å². The number of amides is 1. The summed E-state index contributed by atoms with van der Waals surface area (Å²) >= 11 is 0. The van der Waals surface area contributed by atoms with Gasteiger partial charge in [0.05, 0.1) is 7.11 Å². The molecule has 0 atom stereocenters. The van der Waals surface area contributed by atoms with Crippen molar-refractivity contribution in [3.8, 4) is 11.5 Å². The molecule has 0 fully saturated rings. The molecule has 0 heterocycles. The van der Waals surface area contributed by atoms with Gasteiger partial charge in [-0.1, -0.05) is 12.1 Å². The highest BCUT2D eigenvalue weighted by atomic mass is 16.5. The zero-order valence-corrected chi connectivity index (χ0v) is 16.7. The van der Waals surface area contributed by atoms with Gasteiger partial charge in [0.2, 0.25) is 0 Å². The molecular weight excluding hydrogens is 356 g/mol. The number of carbonyl (C=O) groups excluding carboxylic acids is 2. The molecule has 1 N–H and O–H groups in total. The molecule has 0 spiro atoms. The summed E-state index contributed by atoms with van der Waals surface area (Å²) in [6.45, 7) is 2.31. The summed E-state index contributed by atoms with van der Waals surface area (Å²) in [6, 6.07) is 12.7. The summed E-state index contributed by atoms with van der Waals surface area (Å²) < 4.78 is 10.8. The number of ketones is 1. The van der Waals surface area contributed by atoms with E-state index in [1.165, 1.54) is 13.2 Å². The molecule has 0 saturated carbocycles. The van der Waals surface area contributed by atoms with Crippen molar-refractivity contribution in [2.24, 2.45) is 0 Å². The summed E-state index contributed by atoms with van der Waals surface area (Å²) in [6.07, 6.45) is 3.24. The van der Waals surface area contributed by atoms with E-state index in [-0.39, 0.29) is 18.3 Å². The van der Waals surface area contributed by atoms with Gasteiger partial charge in [0.25, 0.3) is 5.91 Å². The maximum absolute atomic E-state index is 12.4. The molecule has 0 aliphatic carbocycles. The van der Waals surface area contributed by atoms with Crippen LogP contribution in [0.3, 0.4) is 0 Å². The van der Waals surface area contributed by atoms with E-state index >= 15 is 0 Å². The molecule has 0 unspecified atom stereocenters. The Morgan fingerprint density at radius 2 is 1.79 bits per heavy atom. The first kappa shape index (κ1) is 21.0. The fourth-order valence-electron chi connectivity index (χ4n) is 2.49. The zero-order chi connectivity index (χ0) is 20.5. The predicted molar refractivity (Wildman–Crippen MR) is 111 cm³/mol. The van der Waals surface area contributed by atoms with Crippen LogP contribution in [0.2, 0.25) is 0 Å². The van der Waals surface area contributed by atoms with Crippen LogP contribution in [0.25, 0.3) is 6.08 Å². The van der Waals surface area contributed by atoms with Crippen LogP contribution in [0.4, 0.5) is 5.69 Å². The number of nitrogens with zero attached hydrogens (tertiary/aromatic N) is 1. The van der Waals surface area contributed by atoms with Gasteiger partial charge in [-0.05, 0) is 55.0 Å². The molecule has 0 aliphatic heterocycles. The minimum Gasteiger partial charge on any atom is -0.493 e. The average Bonchev–Trinajstić information content (AvgIpc) is 2.70. The van der Waals surface area contributed by atoms with Crippen molar-refractivity contribution in [1.82, 2.24) is 5.32 Å². The largest absolute Gasteiger partial charge is 0.493 e. The Kier molecular flexibility index (Phi) is 7.63. The number of methoxy groups -OCH3 is 1. The first-order valence-corrected chi connectivity index (χ1v) is 9.02. The fourth-order valence-corrected chi connectivity index (χ4v) is 2.49. The van der Waals surface area contributed by atoms with E-state index in [1.807, 2.05) is 38.1 Å². The number of allylic oxidation sites excluding steroid dienone is 1. The van der Waals surface area contributed by atoms with Crippen LogP contribution < -0.4 is 19.7 Å². The Morgan fingerprint density at radius 3 is 2.39 bits per heavy atom. The first-order valence-electron chi connectivity index (χ1n) is 9.02. The second-order valence-electron chi connectivity index (χ2n) is 6.29. The molecule has 0 saturated heterocycles. The van der Waals surface area contributed by atoms with Crippen molar-refractivity contribution < 1.29 is 19.1 Å². The van der Waals surface area contributed by atoms with Gasteiger partial charge in [0, 0.05) is 31.9 Å². The lowest BCUT2D eigenvalue weighted by Crippen LogP contribution is -2.28. The van der Waals surface area contributed by atoms with Gasteiger partial charge in [0.15, 0.2) is 23.9 Å². The first-order chi connectivity index (χ1) is 13.4. The highest BCUT2D eigenvalue weighted by Crippen LogP contribution is 2.28. The number of ether oxygens (including phenoxy) is 2. The highest BCUT2D eigenvalue weighted by Gasteiger charge is 2.08. The number of hydrogen-bond acceptors (Lipinski definition) is 5. The number of rotatable bonds is 9. The minimum atomic E-state index is -0.195. The fraction of sp³-hybridized carbons (Fsp3) is 0.273. The van der Waals surface area contributed by atoms with Crippen LogP contribution in [0, 0.1) is 0 Å². The number of carbonyl (C=O) groups is 2. The van der Waals surface area contributed by atoms with E-state index < -0.39 is 0 Å². The normalized spacial score (nSPS) is 10.6. The van der Waals surface area contributed by atoms with Crippen molar-refractivity contribution in [2.75, 3.05) is 39.3 Å². The topological polar surface area (TPSA) is 67.9 Å². The summed E-state index contributed by atoms with van der Waals surface area (Å²) in [4.78, 5) is 25.9. The SMILES string of the molecule is CCNC(=O)COc1ccc(/C=C/C(=O)c2ccc(N(C)C)cc2)cc1OC. The number of hydrogen-bond donors (Lipinski definition) is 1. The molecule has 6 heteroatoms. The van der Waals surface area contributed by atoms with Crippen molar-refractivity contribution in [2.45, 2.75) is 6.92 Å². The van der Waals surface area contributed by atoms with Gasteiger partial charge >= 0.3 is 0 Å². The number of benzene rings is 2. The van der Waals surface area contributed by atoms with E-state index in [0.29, 0.717) is 23.6 Å². The van der Waals surface area contributed by atoms with Crippen LogP contribution in [0.1, 0.15) is 22.8 Å². The summed E-state index contributed by atoms with van der Waals surface area (Å²) in [5.74, 6) is 0.686. The molecular formula is C22H26N2O4. The van der Waals surface area contributed by atoms with Gasteiger partial charge in [0.1, 0.15) is 0 Å². The lowest BCUT2D eigenvalue weighted by atomic mass is 10.1. The maximum Gasteiger partial charge on any atom is 0.257 e. The quantitative estimate of drug-likeness (QED) is 0.533. The van der Waals surface area contributed by atoms with Crippen LogP contribution in [0.15, 0.2) is 48.5 Å². The van der Waals surface area contributed by atoms with E-state index in [1.54, 1.807) is 36.4 Å². The van der Waals surface area contributed by atoms with Crippen molar-refractivity contribution in [3.63, 3.8) is 0 Å². The Labute approximate surface area is 165 Å². The molecule has 0 aromatic heterocycles. The van der Waals surface area contributed by atoms with E-state index in [0.717, 1.165) is 11.3 Å². The third kappa shape index (κ3) is 5.87. The molecule has 2 aromatic rings. The third-order valence-corrected chi connectivity index (χ3v) is 4.02. The summed E-state index contributed by atoms with van der Waals surface area (Å²) in [7, 11) is 5.43. The van der Waals surface area contributed by atoms with Crippen LogP contribution in [-0.4, -0.2) is 46.0 Å². The molecule has 0 bridgehead atoms. The van der Waals surface area contributed by atoms with E-state index in [2.05, 4.69) is 5.32 Å². The van der Waals surface area contributed by atoms with Gasteiger partial charge in [-0.25, -0.2) is 0 Å². The van der Waals surface area contributed by atoms with E-state index in [9.17, 15) is 9.59 Å². The predicted octanol–water partition coefficient (Wildman–Crippen LogP) is 3.17. The molecule has 1 amide bonds. The van der Waals surface area contributed by atoms with Crippen molar-refractivity contribution >= 4 is 23.5 Å². The zero-order valence-electron chi connectivity index (χ0n) is 16.7. The van der Waals surface area contributed by atoms with Gasteiger partial charge < -0.3 is 19.7 Å². The number of likely N-dealkylation sites (N-methyl/N-ethyl adjacent to an activating group) is 1. The van der Waals surface area contributed by atoms with Gasteiger partial charge in [-0.3, -0.25) is 9.59 Å². The lowest BCUT2D eigenvalue weighted by molar-refractivity contribution is -0.123. The monoisotopic (exact) mass is 382 g/mol. The van der Waals surface area contributed by atoms with Crippen molar-refractivity contribution in [3.05, 3.63) is 59.7 Å². The standard InChI is InChI=1S/C22H26N2O4/c1-5-23-22(26)15-28-20-13-7-16(14-21(20)27-4)6-12-19(25)17-8-10-18(11-9-17)24(2)3/h6-14H,5,15H2,1-4H3,(H,23,26)/b12-6+. The second-order valence-corrected chi connectivity index (χ2v) is 6.29. The third-order valence-electron chi connectivity index (χ3n) is 4.02. The Bertz CT molecular complexity index is 842. The summed E-state index contributed by atoms with van der Waals surface area (Å²) in [5.41, 5.74) is 2.45. The van der Waals surface area contributed by atoms with Crippen LogP contribution in [0.5, 0.6) is 11.5 Å². The highest BCUT2D eigenvalue weighted by molar-refractivity contribution is 6.07. The van der Waals surface area contributed by atoms with Gasteiger partial charge in [-0.15, -0.1) is 0 Å². The molecule has 2 rings (SSSR count). The average molecular weight is 382 g/mol. The maximum atomic E-state index is 12.4. The molecule has 0 aliphatic rings. The molecule has 148 valence electrons.